The highest BCUT2D eigenvalue weighted by atomic mass is 31.2. The first kappa shape index (κ1) is 31.4. The standard InChI is InChI=1S/C21H23N11O12P2/c22-16-11-17(25-6-24-16)32(30-29-11)4-21(36)5-41-10(15(21)43-45(37)38)3-42-46(39,40)44-14-9(1-8(2-33)13(14)34)31-7-26-12-18(31)27-20(23)28-19(12)35/h6-8,13,33-34,36H,1-5H2,(H6-,22,23,24,25,27,28,30,35,37,38,39,40)/p+1. The molecular formula is C21H24N11O12P2+. The zero-order valence-corrected chi connectivity index (χ0v) is 24.9. The molecule has 0 spiro atoms. The lowest BCUT2D eigenvalue weighted by Gasteiger charge is -2.20. The largest absolute Gasteiger partial charge is 0.747 e. The molecule has 25 heteroatoms. The predicted octanol–water partition coefficient (Wildman–Crippen LogP) is -2.17. The summed E-state index contributed by atoms with van der Waals surface area (Å²) in [5, 5.41) is 39.6. The molecular weight excluding hydrogens is 660 g/mol. The van der Waals surface area contributed by atoms with Gasteiger partial charge in [0.15, 0.2) is 45.3 Å². The number of anilines is 2. The van der Waals surface area contributed by atoms with Crippen molar-refractivity contribution in [3.8, 4) is 0 Å². The summed E-state index contributed by atoms with van der Waals surface area (Å²) in [5.74, 6) is -2.72. The summed E-state index contributed by atoms with van der Waals surface area (Å²) < 4.78 is 47.7. The molecule has 244 valence electrons. The summed E-state index contributed by atoms with van der Waals surface area (Å²) in [7, 11) is -8.55. The van der Waals surface area contributed by atoms with E-state index in [1.807, 2.05) is 0 Å². The van der Waals surface area contributed by atoms with Crippen LogP contribution in [0.5, 0.6) is 0 Å². The molecule has 4 aromatic heterocycles. The van der Waals surface area contributed by atoms with Gasteiger partial charge in [0, 0.05) is 17.1 Å². The van der Waals surface area contributed by atoms with E-state index >= 15 is 0 Å². The Kier molecular flexibility index (Phi) is 7.94. The molecule has 23 nitrogen and oxygen atoms in total. The quantitative estimate of drug-likeness (QED) is 0.0779. The molecule has 0 saturated carbocycles. The molecule has 0 amide bonds. The number of ether oxygens (including phenoxy) is 1. The van der Waals surface area contributed by atoms with Gasteiger partial charge in [0.05, 0.1) is 12.2 Å². The summed E-state index contributed by atoms with van der Waals surface area (Å²) in [6.45, 7) is -2.57. The third kappa shape index (κ3) is 5.65. The number of nitrogen functional groups attached to an aromatic ring is 2. The lowest BCUT2D eigenvalue weighted by atomic mass is 10.0. The number of H-pyrrole nitrogens is 1. The molecule has 1 aliphatic heterocycles. The molecule has 1 aliphatic carbocycles. The summed E-state index contributed by atoms with van der Waals surface area (Å²) in [4.78, 5) is 50.4. The first-order valence-electron chi connectivity index (χ1n) is 12.9. The lowest BCUT2D eigenvalue weighted by molar-refractivity contribution is -0.00173. The van der Waals surface area contributed by atoms with Gasteiger partial charge in [-0.3, -0.25) is 23.8 Å². The van der Waals surface area contributed by atoms with Gasteiger partial charge < -0.3 is 36.0 Å². The van der Waals surface area contributed by atoms with Gasteiger partial charge in [0.1, 0.15) is 32.0 Å². The third-order valence-electron chi connectivity index (χ3n) is 7.05. The van der Waals surface area contributed by atoms with Gasteiger partial charge in [-0.25, -0.2) is 28.7 Å². The fourth-order valence-corrected chi connectivity index (χ4v) is 6.17. The van der Waals surface area contributed by atoms with Crippen LogP contribution in [0.4, 0.5) is 11.8 Å². The number of nitrogens with two attached hydrogens (primary N) is 2. The number of hydrogen-bond acceptors (Lipinski definition) is 18. The average molecular weight is 684 g/mol. The zero-order valence-electron chi connectivity index (χ0n) is 23.1. The lowest BCUT2D eigenvalue weighted by Crippen LogP contribution is -2.38. The molecule has 0 bridgehead atoms. The van der Waals surface area contributed by atoms with Crippen LogP contribution in [-0.4, -0.2) is 101 Å². The molecule has 0 radical (unpaired) electrons. The van der Waals surface area contributed by atoms with Crippen molar-refractivity contribution < 1.29 is 52.5 Å². The molecule has 2 aliphatic rings. The second-order valence-corrected chi connectivity index (χ2v) is 12.1. The Hall–Kier alpha value is -4.60. The van der Waals surface area contributed by atoms with Crippen LogP contribution in [0.25, 0.3) is 28.0 Å². The van der Waals surface area contributed by atoms with Gasteiger partial charge in [0.25, 0.3) is 5.56 Å². The van der Waals surface area contributed by atoms with E-state index < -0.39 is 82.9 Å². The fraction of sp³-hybridized carbons (Fsp3) is 0.381. The van der Waals surface area contributed by atoms with Crippen LogP contribution in [0.1, 0.15) is 6.42 Å². The van der Waals surface area contributed by atoms with Crippen molar-refractivity contribution in [2.24, 2.45) is 5.92 Å². The molecule has 0 fully saturated rings. The molecule has 5 heterocycles. The maximum atomic E-state index is 13.1. The van der Waals surface area contributed by atoms with Gasteiger partial charge in [-0.15, -0.1) is 9.99 Å². The number of hydrogen-bond donors (Lipinski definition) is 8. The van der Waals surface area contributed by atoms with E-state index in [0.717, 1.165) is 17.3 Å². The van der Waals surface area contributed by atoms with Crippen molar-refractivity contribution in [2.75, 3.05) is 31.3 Å². The Morgan fingerprint density at radius 2 is 2.02 bits per heavy atom. The number of aliphatic hydroxyl groups is 3. The van der Waals surface area contributed by atoms with Gasteiger partial charge >= 0.3 is 16.1 Å². The van der Waals surface area contributed by atoms with Crippen molar-refractivity contribution >= 4 is 55.9 Å². The number of aromatic amines is 1. The van der Waals surface area contributed by atoms with Crippen LogP contribution in [0, 0.1) is 5.92 Å². The summed E-state index contributed by atoms with van der Waals surface area (Å²) in [6.07, 6.45) is 0.565. The van der Waals surface area contributed by atoms with Crippen LogP contribution in [-0.2, 0) is 34.0 Å². The number of rotatable bonds is 11. The van der Waals surface area contributed by atoms with E-state index in [-0.39, 0.29) is 46.2 Å². The summed E-state index contributed by atoms with van der Waals surface area (Å²) in [6, 6.07) is 0. The Bertz CT molecular complexity index is 2040. The van der Waals surface area contributed by atoms with Crippen molar-refractivity contribution in [1.82, 2.24) is 44.5 Å². The smallest absolute Gasteiger partial charge is 0.488 e. The monoisotopic (exact) mass is 684 g/mol. The van der Waals surface area contributed by atoms with Crippen LogP contribution in [0.15, 0.2) is 34.7 Å². The number of fused-ring (bicyclic) bond motifs is 2. The highest BCUT2D eigenvalue weighted by molar-refractivity contribution is 7.47. The van der Waals surface area contributed by atoms with Gasteiger partial charge in [-0.05, 0) is 6.42 Å². The second kappa shape index (κ2) is 11.6. The normalized spacial score (nSPS) is 23.3. The number of aromatic nitrogens is 9. The number of aliphatic hydroxyl groups excluding tert-OH is 2. The highest BCUT2D eigenvalue weighted by Gasteiger charge is 2.50. The van der Waals surface area contributed by atoms with Crippen molar-refractivity contribution in [3.63, 3.8) is 0 Å². The number of imidazole rings is 1. The topological polar surface area (TPSA) is 344 Å². The van der Waals surface area contributed by atoms with E-state index in [4.69, 9.17) is 29.8 Å². The zero-order chi connectivity index (χ0) is 33.0. The maximum absolute atomic E-state index is 13.1. The third-order valence-corrected chi connectivity index (χ3v) is 8.27. The molecule has 10 N–H and O–H groups in total. The van der Waals surface area contributed by atoms with E-state index in [2.05, 4.69) is 35.2 Å². The minimum atomic E-state index is -5.18. The minimum Gasteiger partial charge on any atom is -0.488 e. The second-order valence-electron chi connectivity index (χ2n) is 10.1. The van der Waals surface area contributed by atoms with Crippen LogP contribution in [0.3, 0.4) is 0 Å². The van der Waals surface area contributed by atoms with Crippen molar-refractivity contribution in [1.29, 1.82) is 0 Å². The Morgan fingerprint density at radius 3 is 2.76 bits per heavy atom. The van der Waals surface area contributed by atoms with Gasteiger partial charge in [0.2, 0.25) is 11.7 Å². The minimum absolute atomic E-state index is 0.00962. The van der Waals surface area contributed by atoms with Crippen molar-refractivity contribution in [2.45, 2.75) is 24.7 Å². The Labute approximate surface area is 255 Å². The number of nitrogens with one attached hydrogen (secondary N) is 1. The number of nitrogens with zero attached hydrogens (tertiary/aromatic N) is 8. The van der Waals surface area contributed by atoms with Gasteiger partial charge in [-0.2, -0.15) is 4.98 Å². The summed E-state index contributed by atoms with van der Waals surface area (Å²) in [5.41, 5.74) is 8.63. The predicted molar refractivity (Wildman–Crippen MR) is 150 cm³/mol. The highest BCUT2D eigenvalue weighted by Crippen LogP contribution is 2.51. The van der Waals surface area contributed by atoms with E-state index in [1.165, 1.54) is 4.57 Å². The average Bonchev–Trinajstić information content (AvgIpc) is 3.74. The van der Waals surface area contributed by atoms with Crippen LogP contribution >= 0.6 is 16.1 Å². The molecule has 6 rings (SSSR count). The van der Waals surface area contributed by atoms with E-state index in [1.54, 1.807) is 0 Å². The molecule has 46 heavy (non-hydrogen) atoms. The Balaban J connectivity index is 1.27. The fourth-order valence-electron chi connectivity index (χ4n) is 4.95. The molecule has 0 saturated heterocycles. The molecule has 4 aromatic rings. The number of phosphoric ester groups is 1. The van der Waals surface area contributed by atoms with Crippen LogP contribution in [0.2, 0.25) is 0 Å². The first-order valence-corrected chi connectivity index (χ1v) is 15.6. The maximum Gasteiger partial charge on any atom is 0.747 e. The van der Waals surface area contributed by atoms with E-state index in [0.29, 0.717) is 0 Å². The number of phosphoric acid groups is 1. The van der Waals surface area contributed by atoms with Crippen molar-refractivity contribution in [3.05, 3.63) is 40.3 Å². The van der Waals surface area contributed by atoms with Gasteiger partial charge in [-0.1, -0.05) is 5.21 Å². The first-order chi connectivity index (χ1) is 21.8. The number of allylic oxidation sites excluding steroid dienone is 1. The summed E-state index contributed by atoms with van der Waals surface area (Å²) >= 11 is 0. The molecule has 5 atom stereocenters. The van der Waals surface area contributed by atoms with Crippen LogP contribution < -0.4 is 17.0 Å². The molecule has 5 unspecified atom stereocenters. The van der Waals surface area contributed by atoms with E-state index in [9.17, 15) is 39.0 Å². The SMILES string of the molecule is Nc1nc2c(ncn2C2=C(OP(=O)(O)OCC3=C(O[P+](=O)O)C(O)(Cn4nnc5c(N)ncnc54)CO3)C(O)C(CO)C2)c(=O)[nH]1. The Morgan fingerprint density at radius 1 is 1.24 bits per heavy atom. The molecule has 0 aromatic carbocycles.